The molecule has 0 unspecified atom stereocenters. The van der Waals surface area contributed by atoms with Crippen LogP contribution in [0.2, 0.25) is 10.0 Å². The standard InChI is InChI=1S/C15H13Cl2NO4/c16-10-5-1-3-7-12(10)18(13(9-19)15(20)21)22-14-8-4-2-6-11(14)17/h1-8,13,19H,9H2,(H,20,21)/t13-/m0/s1. The molecule has 0 aromatic heterocycles. The maximum atomic E-state index is 11.4. The number of rotatable bonds is 6. The summed E-state index contributed by atoms with van der Waals surface area (Å²) < 4.78 is 0. The van der Waals surface area contributed by atoms with Gasteiger partial charge in [-0.05, 0) is 24.3 Å². The molecule has 22 heavy (non-hydrogen) atoms. The van der Waals surface area contributed by atoms with Crippen LogP contribution in [0.25, 0.3) is 0 Å². The maximum Gasteiger partial charge on any atom is 0.332 e. The number of carbonyl (C=O) groups is 1. The molecule has 0 fully saturated rings. The topological polar surface area (TPSA) is 70.0 Å². The number of benzene rings is 2. The third-order valence-corrected chi connectivity index (χ3v) is 3.50. The van der Waals surface area contributed by atoms with Crippen LogP contribution in [-0.2, 0) is 4.79 Å². The number of aliphatic carboxylic acids is 1. The van der Waals surface area contributed by atoms with Crippen molar-refractivity contribution in [2.75, 3.05) is 11.7 Å². The number of carboxylic acids is 1. The molecule has 2 N–H and O–H groups in total. The summed E-state index contributed by atoms with van der Waals surface area (Å²) >= 11 is 12.1. The highest BCUT2D eigenvalue weighted by Gasteiger charge is 2.29. The van der Waals surface area contributed by atoms with Crippen molar-refractivity contribution >= 4 is 34.9 Å². The largest absolute Gasteiger partial charge is 0.480 e. The molecule has 0 aliphatic carbocycles. The normalized spacial score (nSPS) is 11.8. The smallest absolute Gasteiger partial charge is 0.332 e. The van der Waals surface area contributed by atoms with Gasteiger partial charge in [0.15, 0.2) is 11.8 Å². The van der Waals surface area contributed by atoms with Crippen molar-refractivity contribution in [2.45, 2.75) is 6.04 Å². The second kappa shape index (κ2) is 7.35. The van der Waals surface area contributed by atoms with Crippen molar-refractivity contribution in [1.82, 2.24) is 0 Å². The fourth-order valence-electron chi connectivity index (χ4n) is 1.79. The molecule has 2 rings (SSSR count). The molecule has 0 bridgehead atoms. The molecule has 0 heterocycles. The van der Waals surface area contributed by atoms with E-state index in [1.165, 1.54) is 0 Å². The molecule has 2 aromatic rings. The van der Waals surface area contributed by atoms with Gasteiger partial charge in [0.25, 0.3) is 0 Å². The average Bonchev–Trinajstić information content (AvgIpc) is 2.49. The van der Waals surface area contributed by atoms with E-state index in [9.17, 15) is 15.0 Å². The molecule has 0 spiro atoms. The van der Waals surface area contributed by atoms with Crippen molar-refractivity contribution in [3.63, 3.8) is 0 Å². The van der Waals surface area contributed by atoms with Crippen molar-refractivity contribution in [3.8, 4) is 5.75 Å². The summed E-state index contributed by atoms with van der Waals surface area (Å²) in [5.41, 5.74) is 0.311. The first-order valence-electron chi connectivity index (χ1n) is 6.34. The first-order valence-corrected chi connectivity index (χ1v) is 7.10. The van der Waals surface area contributed by atoms with E-state index < -0.39 is 18.6 Å². The molecule has 0 aliphatic heterocycles. The van der Waals surface area contributed by atoms with E-state index in [1.54, 1.807) is 48.5 Å². The maximum absolute atomic E-state index is 11.4. The Kier molecular flexibility index (Phi) is 5.49. The van der Waals surface area contributed by atoms with E-state index in [0.717, 1.165) is 5.06 Å². The Morgan fingerprint density at radius 1 is 1.09 bits per heavy atom. The first-order chi connectivity index (χ1) is 10.5. The van der Waals surface area contributed by atoms with Gasteiger partial charge in [0.05, 0.1) is 22.3 Å². The quantitative estimate of drug-likeness (QED) is 0.789. The van der Waals surface area contributed by atoms with E-state index in [2.05, 4.69) is 0 Å². The number of aliphatic hydroxyl groups excluding tert-OH is 1. The second-order valence-electron chi connectivity index (χ2n) is 4.34. The molecule has 0 aliphatic rings. The lowest BCUT2D eigenvalue weighted by atomic mass is 10.2. The zero-order valence-electron chi connectivity index (χ0n) is 11.3. The minimum absolute atomic E-state index is 0.254. The SMILES string of the molecule is O=C(O)[C@H](CO)N(Oc1ccccc1Cl)c1ccccc1Cl. The average molecular weight is 342 g/mol. The van der Waals surface area contributed by atoms with E-state index in [-0.39, 0.29) is 10.8 Å². The van der Waals surface area contributed by atoms with Crippen LogP contribution in [0.5, 0.6) is 5.75 Å². The van der Waals surface area contributed by atoms with E-state index in [0.29, 0.717) is 10.7 Å². The number of para-hydroxylation sites is 2. The van der Waals surface area contributed by atoms with Gasteiger partial charge in [0, 0.05) is 0 Å². The number of halogens is 2. The molecule has 7 heteroatoms. The van der Waals surface area contributed by atoms with Crippen LogP contribution in [0.4, 0.5) is 5.69 Å². The summed E-state index contributed by atoms with van der Waals surface area (Å²) in [6, 6.07) is 11.8. The number of hydroxylamine groups is 1. The predicted octanol–water partition coefficient (Wildman–Crippen LogP) is 3.24. The highest BCUT2D eigenvalue weighted by atomic mass is 35.5. The van der Waals surface area contributed by atoms with Gasteiger partial charge >= 0.3 is 5.97 Å². The Labute approximate surface area is 137 Å². The molecule has 116 valence electrons. The summed E-state index contributed by atoms with van der Waals surface area (Å²) in [6.45, 7) is -0.662. The molecule has 1 atom stereocenters. The first kappa shape index (κ1) is 16.4. The minimum atomic E-state index is -1.34. The van der Waals surface area contributed by atoms with Gasteiger partial charge in [0.2, 0.25) is 0 Å². The van der Waals surface area contributed by atoms with Gasteiger partial charge in [-0.25, -0.2) is 4.79 Å². The van der Waals surface area contributed by atoms with Gasteiger partial charge < -0.3 is 15.1 Å². The van der Waals surface area contributed by atoms with E-state index in [1.807, 2.05) is 0 Å². The minimum Gasteiger partial charge on any atom is -0.480 e. The van der Waals surface area contributed by atoms with Crippen LogP contribution in [-0.4, -0.2) is 28.8 Å². The molecule has 0 amide bonds. The van der Waals surface area contributed by atoms with Crippen molar-refractivity contribution in [1.29, 1.82) is 0 Å². The van der Waals surface area contributed by atoms with Crippen molar-refractivity contribution in [2.24, 2.45) is 0 Å². The van der Waals surface area contributed by atoms with Gasteiger partial charge in [-0.1, -0.05) is 47.5 Å². The van der Waals surface area contributed by atoms with Gasteiger partial charge in [-0.15, -0.1) is 0 Å². The highest BCUT2D eigenvalue weighted by Crippen LogP contribution is 2.31. The van der Waals surface area contributed by atoms with Crippen molar-refractivity contribution < 1.29 is 19.8 Å². The molecule has 5 nitrogen and oxygen atoms in total. The van der Waals surface area contributed by atoms with Crippen LogP contribution in [0.15, 0.2) is 48.5 Å². The van der Waals surface area contributed by atoms with E-state index >= 15 is 0 Å². The summed E-state index contributed by atoms with van der Waals surface area (Å²) in [5, 5.41) is 20.3. The fourth-order valence-corrected chi connectivity index (χ4v) is 2.18. The van der Waals surface area contributed by atoms with Crippen LogP contribution >= 0.6 is 23.2 Å². The van der Waals surface area contributed by atoms with Crippen LogP contribution in [0, 0.1) is 0 Å². The highest BCUT2D eigenvalue weighted by molar-refractivity contribution is 6.33. The molecule has 0 radical (unpaired) electrons. The lowest BCUT2D eigenvalue weighted by molar-refractivity contribution is -0.140. The number of carboxylic acid groups (broad SMARTS) is 1. The lowest BCUT2D eigenvalue weighted by Crippen LogP contribution is -2.46. The lowest BCUT2D eigenvalue weighted by Gasteiger charge is -2.29. The number of anilines is 1. The molecular weight excluding hydrogens is 329 g/mol. The second-order valence-corrected chi connectivity index (χ2v) is 5.15. The Morgan fingerprint density at radius 2 is 1.68 bits per heavy atom. The monoisotopic (exact) mass is 341 g/mol. The number of hydrogen-bond donors (Lipinski definition) is 2. The Balaban J connectivity index is 2.44. The summed E-state index contributed by atoms with van der Waals surface area (Å²) in [7, 11) is 0. The Bertz CT molecular complexity index is 665. The van der Waals surface area contributed by atoms with Crippen LogP contribution < -0.4 is 9.90 Å². The molecule has 0 saturated heterocycles. The number of nitrogens with zero attached hydrogens (tertiary/aromatic N) is 1. The van der Waals surface area contributed by atoms with E-state index in [4.69, 9.17) is 28.0 Å². The zero-order chi connectivity index (χ0) is 16.1. The van der Waals surface area contributed by atoms with Gasteiger partial charge in [0.1, 0.15) is 0 Å². The van der Waals surface area contributed by atoms with Crippen molar-refractivity contribution in [3.05, 3.63) is 58.6 Å². The third kappa shape index (κ3) is 3.62. The summed E-state index contributed by atoms with van der Waals surface area (Å²) in [5.74, 6) is -1.00. The third-order valence-electron chi connectivity index (χ3n) is 2.86. The Hall–Kier alpha value is -1.95. The van der Waals surface area contributed by atoms with Crippen LogP contribution in [0.1, 0.15) is 0 Å². The predicted molar refractivity (Wildman–Crippen MR) is 84.5 cm³/mol. The summed E-state index contributed by atoms with van der Waals surface area (Å²) in [4.78, 5) is 17.0. The number of hydrogen-bond acceptors (Lipinski definition) is 4. The molecular formula is C15H13Cl2NO4. The fraction of sp³-hybridized carbons (Fsp3) is 0.133. The Morgan fingerprint density at radius 3 is 2.23 bits per heavy atom. The molecule has 0 saturated carbocycles. The van der Waals surface area contributed by atoms with Crippen LogP contribution in [0.3, 0.4) is 0 Å². The summed E-state index contributed by atoms with van der Waals surface area (Å²) in [6.07, 6.45) is 0. The zero-order valence-corrected chi connectivity index (χ0v) is 12.8. The molecule has 2 aromatic carbocycles. The number of aliphatic hydroxyl groups is 1. The van der Waals surface area contributed by atoms with Gasteiger partial charge in [-0.2, -0.15) is 5.06 Å². The van der Waals surface area contributed by atoms with Gasteiger partial charge in [-0.3, -0.25) is 0 Å².